The Morgan fingerprint density at radius 1 is 1.26 bits per heavy atom. The number of pyridine rings is 1. The molecule has 0 spiro atoms. The number of carbonyl (C=O) groups excluding carboxylic acids is 1. The predicted octanol–water partition coefficient (Wildman–Crippen LogP) is 3.23. The van der Waals surface area contributed by atoms with Gasteiger partial charge >= 0.3 is 0 Å². The van der Waals surface area contributed by atoms with Crippen molar-refractivity contribution in [2.45, 2.75) is 20.4 Å². The molecule has 2 aromatic heterocycles. The lowest BCUT2D eigenvalue weighted by molar-refractivity contribution is 0.0956. The molecule has 0 aliphatic rings. The first kappa shape index (κ1) is 15.1. The smallest absolute Gasteiger partial charge is 0.251 e. The second kappa shape index (κ2) is 6.52. The summed E-state index contributed by atoms with van der Waals surface area (Å²) in [6.45, 7) is 5.26. The molecule has 0 atom stereocenters. The Labute approximate surface area is 135 Å². The Kier molecular flexibility index (Phi) is 4.28. The largest absolute Gasteiger partial charge is 0.381 e. The third kappa shape index (κ3) is 3.18. The summed E-state index contributed by atoms with van der Waals surface area (Å²) in [5.41, 5.74) is 4.84. The highest BCUT2D eigenvalue weighted by Crippen LogP contribution is 2.20. The van der Waals surface area contributed by atoms with Crippen LogP contribution in [0.5, 0.6) is 0 Å². The van der Waals surface area contributed by atoms with Gasteiger partial charge in [-0.3, -0.25) is 4.79 Å². The van der Waals surface area contributed by atoms with E-state index in [4.69, 9.17) is 0 Å². The van der Waals surface area contributed by atoms with Gasteiger partial charge in [-0.1, -0.05) is 0 Å². The minimum absolute atomic E-state index is 0.0367. The zero-order valence-electron chi connectivity index (χ0n) is 13.3. The standard InChI is InChI=1S/C18H20N4O/c1-3-19-18(23)13-4-5-16(12(2)10-13)22-11-14-6-8-20-17-15(14)7-9-21-17/h4-10,22H,3,11H2,1-2H3,(H,19,23)(H,20,21). The average Bonchev–Trinajstić information content (AvgIpc) is 3.03. The van der Waals surface area contributed by atoms with Gasteiger partial charge in [0.1, 0.15) is 5.65 Å². The molecule has 0 radical (unpaired) electrons. The fraction of sp³-hybridized carbons (Fsp3) is 0.222. The van der Waals surface area contributed by atoms with E-state index in [1.807, 2.05) is 50.4 Å². The normalized spacial score (nSPS) is 10.7. The van der Waals surface area contributed by atoms with Crippen LogP contribution in [0.2, 0.25) is 0 Å². The van der Waals surface area contributed by atoms with E-state index in [0.717, 1.165) is 22.3 Å². The number of nitrogens with one attached hydrogen (secondary N) is 3. The average molecular weight is 308 g/mol. The number of carbonyl (C=O) groups is 1. The lowest BCUT2D eigenvalue weighted by Crippen LogP contribution is -2.22. The Bertz CT molecular complexity index is 838. The van der Waals surface area contributed by atoms with Crippen molar-refractivity contribution in [2.24, 2.45) is 0 Å². The highest BCUT2D eigenvalue weighted by Gasteiger charge is 2.07. The maximum atomic E-state index is 11.9. The minimum atomic E-state index is -0.0367. The molecule has 0 unspecified atom stereocenters. The van der Waals surface area contributed by atoms with Gasteiger partial charge in [-0.15, -0.1) is 0 Å². The molecule has 0 bridgehead atoms. The van der Waals surface area contributed by atoms with Crippen molar-refractivity contribution < 1.29 is 4.79 Å². The lowest BCUT2D eigenvalue weighted by Gasteiger charge is -2.12. The van der Waals surface area contributed by atoms with E-state index in [1.165, 1.54) is 5.56 Å². The van der Waals surface area contributed by atoms with Gasteiger partial charge in [0.15, 0.2) is 0 Å². The van der Waals surface area contributed by atoms with Crippen molar-refractivity contribution in [3.05, 3.63) is 59.4 Å². The molecule has 118 valence electrons. The quantitative estimate of drug-likeness (QED) is 0.678. The van der Waals surface area contributed by atoms with E-state index < -0.39 is 0 Å². The van der Waals surface area contributed by atoms with Crippen LogP contribution in [0.15, 0.2) is 42.7 Å². The molecular weight excluding hydrogens is 288 g/mol. The number of anilines is 1. The summed E-state index contributed by atoms with van der Waals surface area (Å²) in [5.74, 6) is -0.0367. The number of hydrogen-bond acceptors (Lipinski definition) is 3. The number of aromatic amines is 1. The number of amides is 1. The molecule has 5 heteroatoms. The molecule has 0 fully saturated rings. The number of benzene rings is 1. The van der Waals surface area contributed by atoms with Gasteiger partial charge in [-0.05, 0) is 55.3 Å². The van der Waals surface area contributed by atoms with Crippen molar-refractivity contribution in [1.29, 1.82) is 0 Å². The maximum absolute atomic E-state index is 11.9. The minimum Gasteiger partial charge on any atom is -0.381 e. The maximum Gasteiger partial charge on any atom is 0.251 e. The van der Waals surface area contributed by atoms with E-state index in [0.29, 0.717) is 18.7 Å². The number of aryl methyl sites for hydroxylation is 1. The van der Waals surface area contributed by atoms with Gasteiger partial charge in [-0.25, -0.2) is 4.98 Å². The summed E-state index contributed by atoms with van der Waals surface area (Å²) in [5, 5.41) is 7.37. The lowest BCUT2D eigenvalue weighted by atomic mass is 10.1. The van der Waals surface area contributed by atoms with E-state index in [2.05, 4.69) is 20.6 Å². The van der Waals surface area contributed by atoms with Gasteiger partial charge in [0.2, 0.25) is 0 Å². The Balaban J connectivity index is 1.76. The van der Waals surface area contributed by atoms with E-state index in [-0.39, 0.29) is 5.91 Å². The van der Waals surface area contributed by atoms with Crippen LogP contribution in [0.4, 0.5) is 5.69 Å². The first-order valence-corrected chi connectivity index (χ1v) is 7.72. The molecule has 1 aromatic carbocycles. The topological polar surface area (TPSA) is 69.8 Å². The predicted molar refractivity (Wildman–Crippen MR) is 92.6 cm³/mol. The summed E-state index contributed by atoms with van der Waals surface area (Å²) >= 11 is 0. The molecular formula is C18H20N4O. The number of hydrogen-bond donors (Lipinski definition) is 3. The van der Waals surface area contributed by atoms with Crippen LogP contribution in [-0.4, -0.2) is 22.4 Å². The number of nitrogens with zero attached hydrogens (tertiary/aromatic N) is 1. The summed E-state index contributed by atoms with van der Waals surface area (Å²) in [7, 11) is 0. The van der Waals surface area contributed by atoms with Crippen molar-refractivity contribution >= 4 is 22.6 Å². The van der Waals surface area contributed by atoms with Gasteiger partial charge < -0.3 is 15.6 Å². The molecule has 3 N–H and O–H groups in total. The summed E-state index contributed by atoms with van der Waals surface area (Å²) < 4.78 is 0. The second-order valence-corrected chi connectivity index (χ2v) is 5.45. The molecule has 0 aliphatic carbocycles. The second-order valence-electron chi connectivity index (χ2n) is 5.45. The third-order valence-electron chi connectivity index (χ3n) is 3.85. The Hall–Kier alpha value is -2.82. The summed E-state index contributed by atoms with van der Waals surface area (Å²) in [6.07, 6.45) is 3.70. The summed E-state index contributed by atoms with van der Waals surface area (Å²) in [4.78, 5) is 19.3. The Morgan fingerprint density at radius 3 is 2.91 bits per heavy atom. The highest BCUT2D eigenvalue weighted by molar-refractivity contribution is 5.94. The van der Waals surface area contributed by atoms with Crippen LogP contribution < -0.4 is 10.6 Å². The van der Waals surface area contributed by atoms with Crippen LogP contribution in [0.1, 0.15) is 28.4 Å². The van der Waals surface area contributed by atoms with Crippen molar-refractivity contribution in [2.75, 3.05) is 11.9 Å². The van der Waals surface area contributed by atoms with Crippen molar-refractivity contribution in [3.63, 3.8) is 0 Å². The molecule has 5 nitrogen and oxygen atoms in total. The van der Waals surface area contributed by atoms with Gasteiger partial charge in [-0.2, -0.15) is 0 Å². The molecule has 3 aromatic rings. The fourth-order valence-electron chi connectivity index (χ4n) is 2.63. The number of fused-ring (bicyclic) bond motifs is 1. The van der Waals surface area contributed by atoms with Crippen LogP contribution >= 0.6 is 0 Å². The number of aromatic nitrogens is 2. The van der Waals surface area contributed by atoms with Crippen molar-refractivity contribution in [3.8, 4) is 0 Å². The monoisotopic (exact) mass is 308 g/mol. The van der Waals surface area contributed by atoms with Crippen LogP contribution in [0, 0.1) is 6.92 Å². The van der Waals surface area contributed by atoms with E-state index in [1.54, 1.807) is 6.20 Å². The summed E-state index contributed by atoms with van der Waals surface area (Å²) in [6, 6.07) is 9.76. The molecule has 2 heterocycles. The van der Waals surface area contributed by atoms with Gasteiger partial charge in [0.05, 0.1) is 0 Å². The first-order chi connectivity index (χ1) is 11.2. The van der Waals surface area contributed by atoms with E-state index >= 15 is 0 Å². The van der Waals surface area contributed by atoms with Crippen LogP contribution in [-0.2, 0) is 6.54 Å². The zero-order chi connectivity index (χ0) is 16.2. The molecule has 1 amide bonds. The first-order valence-electron chi connectivity index (χ1n) is 7.72. The van der Waals surface area contributed by atoms with E-state index in [9.17, 15) is 4.79 Å². The molecule has 0 saturated heterocycles. The fourth-order valence-corrected chi connectivity index (χ4v) is 2.63. The van der Waals surface area contributed by atoms with Crippen molar-refractivity contribution in [1.82, 2.24) is 15.3 Å². The SMILES string of the molecule is CCNC(=O)c1ccc(NCc2ccnc3[nH]ccc23)c(C)c1. The molecule has 23 heavy (non-hydrogen) atoms. The van der Waals surface area contributed by atoms with Gasteiger partial charge in [0.25, 0.3) is 5.91 Å². The highest BCUT2D eigenvalue weighted by atomic mass is 16.1. The Morgan fingerprint density at radius 2 is 2.13 bits per heavy atom. The molecule has 3 rings (SSSR count). The molecule has 0 aliphatic heterocycles. The zero-order valence-corrected chi connectivity index (χ0v) is 13.3. The number of rotatable bonds is 5. The molecule has 0 saturated carbocycles. The van der Waals surface area contributed by atoms with Crippen LogP contribution in [0.25, 0.3) is 11.0 Å². The van der Waals surface area contributed by atoms with Gasteiger partial charge in [0, 0.05) is 42.1 Å². The number of H-pyrrole nitrogens is 1. The van der Waals surface area contributed by atoms with Crippen LogP contribution in [0.3, 0.4) is 0 Å². The third-order valence-corrected chi connectivity index (χ3v) is 3.85.